The van der Waals surface area contributed by atoms with Gasteiger partial charge in [-0.25, -0.2) is 0 Å². The molecule has 2 saturated heterocycles. The van der Waals surface area contributed by atoms with Crippen LogP contribution in [0.5, 0.6) is 0 Å². The number of unbranched alkanes of at least 4 members (excludes halogenated alkanes) is 2. The second kappa shape index (κ2) is 15.5. The molecule has 1 aromatic rings. The minimum Gasteiger partial charge on any atom is -0.469 e. The third-order valence-electron chi connectivity index (χ3n) is 12.1. The van der Waals surface area contributed by atoms with Crippen molar-refractivity contribution in [3.05, 3.63) is 62.5 Å². The Morgan fingerprint density at radius 2 is 1.85 bits per heavy atom. The normalized spacial score (nSPS) is 26.0. The average Bonchev–Trinajstić information content (AvgIpc) is 3.80. The van der Waals surface area contributed by atoms with E-state index in [1.807, 2.05) is 6.92 Å². The zero-order valence-electron chi connectivity index (χ0n) is 32.6. The number of aliphatic imine (C=N–C) groups is 2. The molecule has 10 heteroatoms. The second-order valence-electron chi connectivity index (χ2n) is 15.2. The van der Waals surface area contributed by atoms with Gasteiger partial charge in [-0.05, 0) is 69.7 Å². The lowest BCUT2D eigenvalue weighted by molar-refractivity contribution is -0.144. The summed E-state index contributed by atoms with van der Waals surface area (Å²) in [5.41, 5.74) is 10.6. The summed E-state index contributed by atoms with van der Waals surface area (Å²) in [6.07, 6.45) is 10.0. The van der Waals surface area contributed by atoms with Crippen LogP contribution in [0, 0.1) is 36.5 Å². The van der Waals surface area contributed by atoms with Crippen molar-refractivity contribution in [1.82, 2.24) is 15.2 Å². The standard InChI is InChI=1S/C42H57N5O5/c1-10-13-17-47-41(49)37-25(7)32-20-33-27(12-3)22(4)29(43-33)21-34-36(26(8)52-18-14-11-2)24(6)31(44-34)19-30-23(5)28(15-16-35(48)51-9)39(45-30)38(42(47)50)40(37)46-32/h19-20,22-23,26-28,37,44-45H,10-18,21H2,1-9H3/t22-,23+,26?,27-,28+,37?/m1/s1/i18+2. The van der Waals surface area contributed by atoms with Crippen LogP contribution in [0.3, 0.4) is 0 Å². The Kier molecular flexibility index (Phi) is 11.2. The van der Waals surface area contributed by atoms with Crippen molar-refractivity contribution in [3.8, 4) is 0 Å². The number of imide groups is 1. The van der Waals surface area contributed by atoms with Crippen molar-refractivity contribution in [1.29, 1.82) is 0 Å². The van der Waals surface area contributed by atoms with Gasteiger partial charge in [0.1, 0.15) is 5.92 Å². The van der Waals surface area contributed by atoms with E-state index in [0.29, 0.717) is 49.4 Å². The highest BCUT2D eigenvalue weighted by Gasteiger charge is 2.50. The number of amides is 2. The zero-order valence-corrected chi connectivity index (χ0v) is 32.6. The van der Waals surface area contributed by atoms with Crippen LogP contribution in [0.15, 0.2) is 50.0 Å². The predicted octanol–water partition coefficient (Wildman–Crippen LogP) is 7.68. The second-order valence-corrected chi connectivity index (χ2v) is 15.2. The van der Waals surface area contributed by atoms with E-state index in [1.165, 1.54) is 12.0 Å². The van der Waals surface area contributed by atoms with Crippen molar-refractivity contribution in [2.75, 3.05) is 20.3 Å². The lowest BCUT2D eigenvalue weighted by atomic mass is 9.81. The summed E-state index contributed by atoms with van der Waals surface area (Å²) in [5, 5.41) is 3.70. The van der Waals surface area contributed by atoms with Crippen molar-refractivity contribution in [2.45, 2.75) is 113 Å². The van der Waals surface area contributed by atoms with Gasteiger partial charge in [0.25, 0.3) is 5.91 Å². The van der Waals surface area contributed by atoms with Gasteiger partial charge in [0.2, 0.25) is 5.91 Å². The Labute approximate surface area is 309 Å². The number of carbonyl (C=O) groups excluding carboxylic acids is 3. The molecular formula is C42H57N5O5. The Morgan fingerprint density at radius 1 is 1.08 bits per heavy atom. The number of aromatic amines is 1. The van der Waals surface area contributed by atoms with Crippen LogP contribution in [-0.2, 0) is 30.3 Å². The molecule has 52 heavy (non-hydrogen) atoms. The van der Waals surface area contributed by atoms with Gasteiger partial charge in [-0.2, -0.15) is 0 Å². The summed E-state index contributed by atoms with van der Waals surface area (Å²) in [6.45, 7) is 18.1. The van der Waals surface area contributed by atoms with Gasteiger partial charge in [0.05, 0.1) is 30.2 Å². The average molecular weight is 714 g/mol. The van der Waals surface area contributed by atoms with Gasteiger partial charge in [-0.15, -0.1) is 0 Å². The minimum atomic E-state index is -0.655. The molecule has 2 fully saturated rings. The Hall–Kier alpha value is -4.05. The number of aromatic nitrogens is 1. The summed E-state index contributed by atoms with van der Waals surface area (Å²) in [7, 11) is 1.40. The number of hydrogen-bond acceptors (Lipinski definition) is 8. The number of fused-ring (bicyclic) bond motifs is 6. The molecule has 6 atom stereocenters. The van der Waals surface area contributed by atoms with E-state index in [4.69, 9.17) is 19.5 Å². The first-order valence-electron chi connectivity index (χ1n) is 19.5. The van der Waals surface area contributed by atoms with Crippen LogP contribution < -0.4 is 5.32 Å². The molecule has 8 bridgehead atoms. The van der Waals surface area contributed by atoms with Crippen LogP contribution in [-0.4, -0.2) is 59.4 Å². The topological polar surface area (TPSA) is 125 Å². The van der Waals surface area contributed by atoms with Gasteiger partial charge in [-0.1, -0.05) is 47.5 Å². The molecule has 280 valence electrons. The molecule has 2 amide bonds. The number of nitrogens with one attached hydrogen (secondary N) is 2. The summed E-state index contributed by atoms with van der Waals surface area (Å²) < 4.78 is 11.5. The Balaban J connectivity index is 1.60. The molecule has 6 rings (SSSR count). The van der Waals surface area contributed by atoms with E-state index in [-0.39, 0.29) is 54.0 Å². The number of carbonyl (C=O) groups is 3. The fourth-order valence-electron chi connectivity index (χ4n) is 8.81. The molecule has 6 heterocycles. The SMILES string of the molecule is CCCCN1C(=O)C2=C3NC(=Cc4[nH]c(c(C(C)O[14CH2]CCC)c4C)CC4=NC(=CC5=C(C)C(C1=O)C2=N5)[C@H](CC)[C@H]4C)[C@@H](C)[C@@H]3CCC(=O)OC. The number of methoxy groups -OCH3 is 1. The molecule has 0 radical (unpaired) electrons. The quantitative estimate of drug-likeness (QED) is 0.130. The number of hydrogen-bond donors (Lipinski definition) is 2. The van der Waals surface area contributed by atoms with Crippen LogP contribution in [0.2, 0.25) is 0 Å². The van der Waals surface area contributed by atoms with Crippen molar-refractivity contribution >= 4 is 35.3 Å². The first-order valence-corrected chi connectivity index (χ1v) is 19.5. The number of esters is 1. The van der Waals surface area contributed by atoms with Gasteiger partial charge in [0, 0.05) is 89.4 Å². The predicted molar refractivity (Wildman–Crippen MR) is 204 cm³/mol. The maximum atomic E-state index is 14.6. The van der Waals surface area contributed by atoms with Crippen molar-refractivity contribution in [3.63, 3.8) is 0 Å². The molecule has 0 spiro atoms. The number of allylic oxidation sites excluding steroid dienone is 4. The molecular weight excluding hydrogens is 656 g/mol. The highest BCUT2D eigenvalue weighted by atomic mass is 16.7. The van der Waals surface area contributed by atoms with Crippen LogP contribution in [0.4, 0.5) is 0 Å². The molecule has 0 saturated carbocycles. The van der Waals surface area contributed by atoms with Gasteiger partial charge in [0.15, 0.2) is 0 Å². The number of nitrogens with zero attached hydrogens (tertiary/aromatic N) is 3. The lowest BCUT2D eigenvalue weighted by Crippen LogP contribution is -2.51. The largest absolute Gasteiger partial charge is 0.469 e. The van der Waals surface area contributed by atoms with E-state index in [0.717, 1.165) is 76.6 Å². The highest BCUT2D eigenvalue weighted by Crippen LogP contribution is 2.45. The zero-order chi connectivity index (χ0) is 37.4. The maximum absolute atomic E-state index is 14.6. The molecule has 5 aliphatic rings. The number of ether oxygens (including phenoxy) is 2. The van der Waals surface area contributed by atoms with E-state index in [2.05, 4.69) is 70.9 Å². The first kappa shape index (κ1) is 37.7. The van der Waals surface area contributed by atoms with Gasteiger partial charge in [-0.3, -0.25) is 29.3 Å². The molecule has 10 nitrogen and oxygen atoms in total. The molecule has 1 aromatic heterocycles. The third-order valence-corrected chi connectivity index (χ3v) is 12.1. The van der Waals surface area contributed by atoms with Crippen LogP contribution >= 0.6 is 0 Å². The van der Waals surface area contributed by atoms with Crippen LogP contribution in [0.1, 0.15) is 122 Å². The maximum Gasteiger partial charge on any atom is 0.305 e. The Morgan fingerprint density at radius 3 is 2.54 bits per heavy atom. The lowest BCUT2D eigenvalue weighted by Gasteiger charge is -2.33. The monoisotopic (exact) mass is 713 g/mol. The third kappa shape index (κ3) is 6.67. The van der Waals surface area contributed by atoms with Crippen LogP contribution in [0.25, 0.3) is 6.08 Å². The fourth-order valence-corrected chi connectivity index (χ4v) is 8.81. The summed E-state index contributed by atoms with van der Waals surface area (Å²) in [4.78, 5) is 57.0. The highest BCUT2D eigenvalue weighted by molar-refractivity contribution is 6.36. The van der Waals surface area contributed by atoms with E-state index in [9.17, 15) is 14.4 Å². The summed E-state index contributed by atoms with van der Waals surface area (Å²) in [5.74, 6) is -1.34. The van der Waals surface area contributed by atoms with Gasteiger partial charge >= 0.3 is 5.97 Å². The molecule has 2 unspecified atom stereocenters. The summed E-state index contributed by atoms with van der Waals surface area (Å²) in [6, 6.07) is 0. The number of piperidine rings is 1. The molecule has 2 N–H and O–H groups in total. The van der Waals surface area contributed by atoms with E-state index >= 15 is 0 Å². The Bertz CT molecular complexity index is 1820. The minimum absolute atomic E-state index is 0.0630. The smallest absolute Gasteiger partial charge is 0.305 e. The molecule has 0 aromatic carbocycles. The van der Waals surface area contributed by atoms with E-state index < -0.39 is 5.92 Å². The van der Waals surface area contributed by atoms with Crippen molar-refractivity contribution in [2.24, 2.45) is 39.6 Å². The number of H-pyrrole nitrogens is 1. The van der Waals surface area contributed by atoms with Crippen molar-refractivity contribution < 1.29 is 23.9 Å². The molecule has 0 aliphatic carbocycles. The van der Waals surface area contributed by atoms with Gasteiger partial charge < -0.3 is 19.8 Å². The summed E-state index contributed by atoms with van der Waals surface area (Å²) >= 11 is 0. The van der Waals surface area contributed by atoms with E-state index in [1.54, 1.807) is 0 Å². The number of likely N-dealkylation sites (tertiary alicyclic amines) is 1. The number of rotatable bonds is 12. The fraction of sp³-hybridized carbons (Fsp3) is 0.595. The molecule has 5 aliphatic heterocycles. The first-order chi connectivity index (χ1) is 24.9.